The molecule has 0 bridgehead atoms. The summed E-state index contributed by atoms with van der Waals surface area (Å²) in [6, 6.07) is 0. The second kappa shape index (κ2) is 12.2. The van der Waals surface area contributed by atoms with Crippen molar-refractivity contribution >= 4 is 27.6 Å². The Morgan fingerprint density at radius 2 is 1.18 bits per heavy atom. The van der Waals surface area contributed by atoms with Crippen LogP contribution in [0.5, 0.6) is 0 Å². The molecule has 0 aliphatic heterocycles. The lowest BCUT2D eigenvalue weighted by atomic mass is 9.48. The van der Waals surface area contributed by atoms with Crippen molar-refractivity contribution in [3.63, 3.8) is 0 Å². The normalized spacial score (nSPS) is 16.9. The first-order chi connectivity index (χ1) is 17.3. The van der Waals surface area contributed by atoms with E-state index in [4.69, 9.17) is 4.74 Å². The highest BCUT2D eigenvalue weighted by Crippen LogP contribution is 2.56. The predicted octanol–water partition coefficient (Wildman–Crippen LogP) is 7.03. The van der Waals surface area contributed by atoms with E-state index in [1.54, 1.807) is 0 Å². The van der Waals surface area contributed by atoms with Gasteiger partial charge in [-0.3, -0.25) is 9.59 Å². The molecule has 0 amide bonds. The number of hydrogen-bond acceptors (Lipinski definition) is 3. The molecule has 0 fully saturated rings. The van der Waals surface area contributed by atoms with Gasteiger partial charge in [-0.1, -0.05) is 90.0 Å². The number of carboxylic acid groups (broad SMARTS) is 2. The van der Waals surface area contributed by atoms with Crippen LogP contribution in [-0.2, 0) is 14.3 Å². The zero-order valence-electron chi connectivity index (χ0n) is 29.8. The summed E-state index contributed by atoms with van der Waals surface area (Å²) in [6.07, 6.45) is 0.352. The summed E-state index contributed by atoms with van der Waals surface area (Å²) >= 11 is 0. The molecule has 2 N–H and O–H groups in total. The molecule has 0 saturated heterocycles. The van der Waals surface area contributed by atoms with Gasteiger partial charge in [-0.25, -0.2) is 0 Å². The van der Waals surface area contributed by atoms with E-state index in [-0.39, 0.29) is 16.2 Å². The monoisotopic (exact) mass is 562 g/mol. The molecule has 5 nitrogen and oxygen atoms in total. The van der Waals surface area contributed by atoms with E-state index in [0.717, 1.165) is 17.4 Å². The Labute approximate surface area is 249 Å². The maximum Gasteiger partial charge on any atom is 0.307 e. The molecule has 2 unspecified atom stereocenters. The minimum absolute atomic E-state index is 0.0539. The van der Waals surface area contributed by atoms with E-state index in [0.29, 0.717) is 5.92 Å². The van der Waals surface area contributed by atoms with Gasteiger partial charge in [-0.2, -0.15) is 0 Å². The number of rotatable bonds is 14. The molecule has 2 atom stereocenters. The molecule has 0 aliphatic carbocycles. The SMILES string of the molecule is B/C(=C(/B)C(C)(C)C(C)(C)C(C)(C)OC(C)(C)C(C)(C)C(C)C)C(C(CC(=O)O)C(=O)O)C(C)(C)CC(C)(C)C. The number of allylic oxidation sites excluding steroid dienone is 2. The summed E-state index contributed by atoms with van der Waals surface area (Å²) in [7, 11) is 4.13. The predicted molar refractivity (Wildman–Crippen MR) is 174 cm³/mol. The van der Waals surface area contributed by atoms with Crippen molar-refractivity contribution in [3.8, 4) is 0 Å². The van der Waals surface area contributed by atoms with Crippen LogP contribution in [0.25, 0.3) is 0 Å². The topological polar surface area (TPSA) is 83.8 Å². The molecule has 0 aromatic rings. The Hall–Kier alpha value is -1.23. The number of ether oxygens (including phenoxy) is 1. The fraction of sp³-hybridized carbons (Fsp3) is 0.879. The highest BCUT2D eigenvalue weighted by atomic mass is 16.5. The summed E-state index contributed by atoms with van der Waals surface area (Å²) in [5.74, 6) is -3.20. The van der Waals surface area contributed by atoms with E-state index in [1.165, 1.54) is 0 Å². The van der Waals surface area contributed by atoms with Crippen molar-refractivity contribution in [2.45, 2.75) is 142 Å². The molecule has 0 heterocycles. The average Bonchev–Trinajstić information content (AvgIpc) is 2.68. The highest BCUT2D eigenvalue weighted by molar-refractivity contribution is 6.32. The van der Waals surface area contributed by atoms with Crippen LogP contribution >= 0.6 is 0 Å². The van der Waals surface area contributed by atoms with Crippen LogP contribution in [0.15, 0.2) is 10.9 Å². The van der Waals surface area contributed by atoms with E-state index in [1.807, 2.05) is 7.85 Å². The van der Waals surface area contributed by atoms with Gasteiger partial charge < -0.3 is 14.9 Å². The molecule has 0 aromatic heterocycles. The Kier molecular flexibility index (Phi) is 11.8. The van der Waals surface area contributed by atoms with Gasteiger partial charge in [0.1, 0.15) is 15.7 Å². The lowest BCUT2D eigenvalue weighted by molar-refractivity contribution is -0.236. The third kappa shape index (κ3) is 8.19. The lowest BCUT2D eigenvalue weighted by Crippen LogP contribution is -2.58. The molecule has 0 rings (SSSR count). The Morgan fingerprint density at radius 1 is 0.750 bits per heavy atom. The molecule has 40 heavy (non-hydrogen) atoms. The highest BCUT2D eigenvalue weighted by Gasteiger charge is 2.54. The van der Waals surface area contributed by atoms with Crippen LogP contribution < -0.4 is 0 Å². The van der Waals surface area contributed by atoms with Crippen LogP contribution in [0.3, 0.4) is 0 Å². The summed E-state index contributed by atoms with van der Waals surface area (Å²) < 4.78 is 7.07. The molecule has 7 heteroatoms. The molecule has 0 spiro atoms. The van der Waals surface area contributed by atoms with Gasteiger partial charge in [0, 0.05) is 5.41 Å². The van der Waals surface area contributed by atoms with Crippen molar-refractivity contribution in [3.05, 3.63) is 10.9 Å². The summed E-state index contributed by atoms with van der Waals surface area (Å²) in [6.45, 7) is 37.3. The zero-order valence-corrected chi connectivity index (χ0v) is 29.8. The van der Waals surface area contributed by atoms with Crippen LogP contribution in [0.4, 0.5) is 0 Å². The quantitative estimate of drug-likeness (QED) is 0.222. The number of hydrogen-bond donors (Lipinski definition) is 2. The smallest absolute Gasteiger partial charge is 0.307 e. The van der Waals surface area contributed by atoms with Gasteiger partial charge in [0.15, 0.2) is 0 Å². The van der Waals surface area contributed by atoms with Crippen molar-refractivity contribution in [2.75, 3.05) is 0 Å². The third-order valence-corrected chi connectivity index (χ3v) is 11.5. The van der Waals surface area contributed by atoms with Crippen molar-refractivity contribution in [1.29, 1.82) is 0 Å². The fourth-order valence-electron chi connectivity index (χ4n) is 6.98. The van der Waals surface area contributed by atoms with Crippen molar-refractivity contribution in [2.24, 2.45) is 44.8 Å². The minimum Gasteiger partial charge on any atom is -0.481 e. The second-order valence-corrected chi connectivity index (χ2v) is 17.3. The van der Waals surface area contributed by atoms with Gasteiger partial charge in [-0.15, -0.1) is 10.9 Å². The molecule has 232 valence electrons. The van der Waals surface area contributed by atoms with E-state index < -0.39 is 52.2 Å². The van der Waals surface area contributed by atoms with Gasteiger partial charge in [-0.05, 0) is 67.6 Å². The molecular formula is C33H64B2O5. The Bertz CT molecular complexity index is 946. The van der Waals surface area contributed by atoms with Gasteiger partial charge >= 0.3 is 11.9 Å². The van der Waals surface area contributed by atoms with Crippen LogP contribution in [0.2, 0.25) is 0 Å². The molecular weight excluding hydrogens is 498 g/mol. The van der Waals surface area contributed by atoms with E-state index in [2.05, 4.69) is 126 Å². The first kappa shape index (κ1) is 38.8. The first-order valence-corrected chi connectivity index (χ1v) is 15.1. The largest absolute Gasteiger partial charge is 0.481 e. The first-order valence-electron chi connectivity index (χ1n) is 15.1. The number of aliphatic carboxylic acids is 2. The van der Waals surface area contributed by atoms with E-state index in [9.17, 15) is 19.8 Å². The molecule has 0 aliphatic rings. The fourth-order valence-corrected chi connectivity index (χ4v) is 6.98. The maximum atomic E-state index is 12.6. The Morgan fingerprint density at radius 3 is 1.50 bits per heavy atom. The minimum atomic E-state index is -1.08. The molecule has 0 radical (unpaired) electrons. The van der Waals surface area contributed by atoms with Crippen molar-refractivity contribution < 1.29 is 24.5 Å². The van der Waals surface area contributed by atoms with Crippen LogP contribution in [0, 0.1) is 44.8 Å². The third-order valence-electron chi connectivity index (χ3n) is 11.5. The summed E-state index contributed by atoms with van der Waals surface area (Å²) in [4.78, 5) is 24.5. The van der Waals surface area contributed by atoms with Crippen molar-refractivity contribution in [1.82, 2.24) is 0 Å². The van der Waals surface area contributed by atoms with Crippen LogP contribution in [-0.4, -0.2) is 49.0 Å². The summed E-state index contributed by atoms with van der Waals surface area (Å²) in [5.41, 5.74) is -0.230. The van der Waals surface area contributed by atoms with Gasteiger partial charge in [0.25, 0.3) is 0 Å². The zero-order chi connectivity index (χ0) is 32.7. The standard InChI is InChI=1S/C33H64B2O5/c1-20(2)29(8,9)32(14,15)40-33(16,17)31(12,13)30(10,11)25(35)24(34)23(21(26(38)39)18-22(36)37)28(6,7)19-27(3,4)5/h20-21,23H,18-19,34-35H2,1-17H3,(H,36,37)(H,38,39)/b25-24+. The van der Waals surface area contributed by atoms with Gasteiger partial charge in [0.2, 0.25) is 0 Å². The average molecular weight is 562 g/mol. The lowest BCUT2D eigenvalue weighted by Gasteiger charge is -2.58. The molecule has 0 aromatic carbocycles. The maximum absolute atomic E-state index is 12.6. The van der Waals surface area contributed by atoms with Crippen LogP contribution in [0.1, 0.15) is 131 Å². The second-order valence-electron chi connectivity index (χ2n) is 17.3. The Balaban J connectivity index is 7.17. The molecule has 0 saturated carbocycles. The summed E-state index contributed by atoms with van der Waals surface area (Å²) in [5, 5.41) is 20.0. The van der Waals surface area contributed by atoms with Gasteiger partial charge in [0.05, 0.1) is 23.5 Å². The van der Waals surface area contributed by atoms with E-state index >= 15 is 0 Å². The number of carboxylic acids is 2. The number of carbonyl (C=O) groups is 2.